The first kappa shape index (κ1) is 62.7. The number of hydrogen-bond donors (Lipinski definition) is 0. The Hall–Kier alpha value is -12.0. The van der Waals surface area contributed by atoms with Crippen LogP contribution in [0.15, 0.2) is 376 Å². The molecule has 3 heterocycles. The van der Waals surface area contributed by atoms with Gasteiger partial charge < -0.3 is 4.57 Å². The smallest absolute Gasteiger partial charge is 0.0541 e. The zero-order chi connectivity index (χ0) is 69.5. The molecule has 0 amide bonds. The lowest BCUT2D eigenvalue weighted by atomic mass is 9.86. The first-order valence-electron chi connectivity index (χ1n) is 35.9. The number of halogens is 1. The van der Waals surface area contributed by atoms with Crippen molar-refractivity contribution in [3.63, 3.8) is 0 Å². The minimum atomic E-state index is 1.05. The molecule has 492 valence electrons. The van der Waals surface area contributed by atoms with Crippen molar-refractivity contribution in [3.05, 3.63) is 391 Å². The second kappa shape index (κ2) is 26.3. The number of nitrogens with zero attached hydrogens (tertiary/aromatic N) is 1. The van der Waals surface area contributed by atoms with Crippen molar-refractivity contribution in [2.75, 3.05) is 0 Å². The van der Waals surface area contributed by atoms with Crippen LogP contribution >= 0.6 is 45.3 Å². The van der Waals surface area contributed by atoms with E-state index in [1.54, 1.807) is 0 Å². The summed E-state index contributed by atoms with van der Waals surface area (Å²) in [5.41, 5.74) is 24.6. The van der Waals surface area contributed by atoms with E-state index >= 15 is 0 Å². The lowest BCUT2D eigenvalue weighted by Gasteiger charge is -2.19. The van der Waals surface area contributed by atoms with Gasteiger partial charge in [-0.3, -0.25) is 0 Å². The Balaban J connectivity index is 0.000000116. The van der Waals surface area contributed by atoms with Gasteiger partial charge in [-0.05, 0) is 222 Å². The Kier molecular flexibility index (Phi) is 15.7. The molecule has 0 spiro atoms. The van der Waals surface area contributed by atoms with Crippen molar-refractivity contribution in [2.45, 2.75) is 6.42 Å². The van der Waals surface area contributed by atoms with Crippen LogP contribution in [0.2, 0.25) is 0 Å². The predicted molar refractivity (Wildman–Crippen MR) is 463 cm³/mol. The zero-order valence-electron chi connectivity index (χ0n) is 57.1. The van der Waals surface area contributed by atoms with Crippen molar-refractivity contribution in [3.8, 4) is 83.6 Å². The van der Waals surface area contributed by atoms with Crippen molar-refractivity contribution in [2.24, 2.45) is 0 Å². The zero-order valence-corrected chi connectivity index (χ0v) is 60.9. The summed E-state index contributed by atoms with van der Waals surface area (Å²) in [6, 6.07) is 137. The Morgan fingerprint density at radius 2 is 0.600 bits per heavy atom. The van der Waals surface area contributed by atoms with Crippen LogP contribution < -0.4 is 0 Å². The molecule has 18 aromatic carbocycles. The average molecular weight is 1480 g/mol. The van der Waals surface area contributed by atoms with Crippen molar-refractivity contribution in [1.29, 1.82) is 0 Å². The third-order valence-corrected chi connectivity index (χ3v) is 24.5. The van der Waals surface area contributed by atoms with E-state index in [2.05, 4.69) is 403 Å². The van der Waals surface area contributed by atoms with Gasteiger partial charge in [0.1, 0.15) is 0 Å². The maximum atomic E-state index is 2.46. The van der Waals surface area contributed by atoms with Gasteiger partial charge in [0.05, 0.1) is 11.0 Å². The van der Waals surface area contributed by atoms with Crippen molar-refractivity contribution < 1.29 is 0 Å². The standard InChI is InChI=1S/C50H31NS.C26H17I.C25H16S/c1-3-14-32(15-4-1)48-39-20-7-8-21-40(39)49(33-16-5-2-6-17-33)44-31-35(27-28-41(44)48)51-45-24-11-9-18-37(45)43-30-34(26-29-46(43)51)36-22-13-23-42-38-19-10-12-25-47(38)52-50(36)42;27-20-15-16-23-24(17-20)26(19-11-5-2-6-12-19)22-14-8-7-13-21(22)25(23)18-9-3-1-4-10-18;1-2-7-19-16(6-1)14-17-12-13-18(15-23(17)19)20-9-5-10-22-21-8-3-4-11-24(21)26-25(20)22/h1-31H;1-17H;1-13,15H,14H2. The normalized spacial score (nSPS) is 11.8. The number of fused-ring (bicyclic) bond motifs is 16. The highest BCUT2D eigenvalue weighted by molar-refractivity contribution is 14.1. The number of benzene rings is 18. The molecule has 0 aliphatic heterocycles. The number of thiophene rings is 2. The molecule has 0 radical (unpaired) electrons. The number of para-hydroxylation sites is 1. The van der Waals surface area contributed by atoms with Crippen LogP contribution in [0.4, 0.5) is 0 Å². The highest BCUT2D eigenvalue weighted by Gasteiger charge is 2.24. The molecule has 4 heteroatoms. The summed E-state index contributed by atoms with van der Waals surface area (Å²) in [5, 5.41) is 18.2. The Morgan fingerprint density at radius 1 is 0.219 bits per heavy atom. The SMILES string of the molecule is Ic1ccc2c(-c3ccccc3)c3ccccc3c(-c3ccccc3)c2c1.c1ccc(-c2c3ccccc3c(-c3ccccc3)c3cc(-n4c5ccccc5c5cc(-c6cccc7c6sc6ccccc67)ccc54)ccc23)cc1.c1ccc2c(c1)Cc1ccc(-c3cccc4c3sc3ccccc34)cc1-2. The van der Waals surface area contributed by atoms with Crippen LogP contribution in [0, 0.1) is 3.57 Å². The van der Waals surface area contributed by atoms with E-state index in [0.717, 1.165) is 12.1 Å². The molecule has 0 saturated carbocycles. The fourth-order valence-corrected chi connectivity index (χ4v) is 19.7. The number of aromatic nitrogens is 1. The third kappa shape index (κ3) is 10.8. The predicted octanol–water partition coefficient (Wildman–Crippen LogP) is 29.7. The summed E-state index contributed by atoms with van der Waals surface area (Å²) in [6.45, 7) is 0. The van der Waals surface area contributed by atoms with E-state index in [1.807, 2.05) is 22.7 Å². The second-order valence-corrected chi connectivity index (χ2v) is 30.7. The van der Waals surface area contributed by atoms with E-state index in [1.165, 1.54) is 198 Å². The minimum absolute atomic E-state index is 1.05. The minimum Gasteiger partial charge on any atom is -0.309 e. The van der Waals surface area contributed by atoms with E-state index in [4.69, 9.17) is 0 Å². The van der Waals surface area contributed by atoms with Crippen LogP contribution in [0.3, 0.4) is 0 Å². The first-order valence-corrected chi connectivity index (χ1v) is 38.6. The Labute approximate surface area is 630 Å². The van der Waals surface area contributed by atoms with Gasteiger partial charge in [-0.2, -0.15) is 0 Å². The van der Waals surface area contributed by atoms with E-state index < -0.39 is 0 Å². The van der Waals surface area contributed by atoms with E-state index in [0.29, 0.717) is 0 Å². The highest BCUT2D eigenvalue weighted by atomic mass is 127. The monoisotopic (exact) mass is 1480 g/mol. The second-order valence-electron chi connectivity index (χ2n) is 27.3. The van der Waals surface area contributed by atoms with Crippen LogP contribution in [-0.4, -0.2) is 4.57 Å². The van der Waals surface area contributed by atoms with Gasteiger partial charge in [0, 0.05) is 60.4 Å². The summed E-state index contributed by atoms with van der Waals surface area (Å²) >= 11 is 6.21. The fraction of sp³-hybridized carbons (Fsp3) is 0.00990. The average Bonchev–Trinajstić information content (AvgIpc) is 1.69. The molecule has 1 aliphatic carbocycles. The van der Waals surface area contributed by atoms with Crippen LogP contribution in [0.1, 0.15) is 11.1 Å². The van der Waals surface area contributed by atoms with Crippen molar-refractivity contribution in [1.82, 2.24) is 4.57 Å². The summed E-state index contributed by atoms with van der Waals surface area (Å²) in [7, 11) is 0. The fourth-order valence-electron chi connectivity index (χ4n) is 16.8. The molecule has 3 aromatic heterocycles. The van der Waals surface area contributed by atoms with E-state index in [9.17, 15) is 0 Å². The van der Waals surface area contributed by atoms with Gasteiger partial charge in [-0.25, -0.2) is 0 Å². The molecule has 0 atom stereocenters. The molecule has 0 saturated heterocycles. The highest BCUT2D eigenvalue weighted by Crippen LogP contribution is 2.49. The van der Waals surface area contributed by atoms with Crippen LogP contribution in [-0.2, 0) is 6.42 Å². The van der Waals surface area contributed by atoms with Gasteiger partial charge in [0.15, 0.2) is 0 Å². The topological polar surface area (TPSA) is 4.93 Å². The summed E-state index contributed by atoms with van der Waals surface area (Å²) in [5.74, 6) is 0. The first-order chi connectivity index (χ1) is 52.0. The lowest BCUT2D eigenvalue weighted by Crippen LogP contribution is -1.96. The molecule has 105 heavy (non-hydrogen) atoms. The molecular weight excluding hydrogens is 1420 g/mol. The third-order valence-electron chi connectivity index (χ3n) is 21.4. The molecule has 0 N–H and O–H groups in total. The molecule has 0 bridgehead atoms. The molecule has 22 rings (SSSR count). The molecule has 1 aliphatic rings. The van der Waals surface area contributed by atoms with Crippen molar-refractivity contribution >= 4 is 151 Å². The Bertz CT molecular complexity index is 6990. The number of rotatable bonds is 7. The molecule has 0 unspecified atom stereocenters. The van der Waals surface area contributed by atoms with Crippen LogP contribution in [0.5, 0.6) is 0 Å². The maximum Gasteiger partial charge on any atom is 0.0541 e. The van der Waals surface area contributed by atoms with Gasteiger partial charge in [0.25, 0.3) is 0 Å². The maximum absolute atomic E-state index is 2.46. The molecular formula is C101H64INS2. The quantitative estimate of drug-likeness (QED) is 0.111. The van der Waals surface area contributed by atoms with Gasteiger partial charge in [-0.1, -0.05) is 315 Å². The Morgan fingerprint density at radius 3 is 1.14 bits per heavy atom. The van der Waals surface area contributed by atoms with Crippen LogP contribution in [0.25, 0.3) is 189 Å². The molecule has 0 fully saturated rings. The molecule has 1 nitrogen and oxygen atoms in total. The summed E-state index contributed by atoms with van der Waals surface area (Å²) in [6.07, 6.45) is 1.05. The van der Waals surface area contributed by atoms with Gasteiger partial charge >= 0.3 is 0 Å². The lowest BCUT2D eigenvalue weighted by molar-refractivity contribution is 1.19. The number of hydrogen-bond acceptors (Lipinski definition) is 2. The largest absolute Gasteiger partial charge is 0.309 e. The molecule has 21 aromatic rings. The van der Waals surface area contributed by atoms with Gasteiger partial charge in [-0.15, -0.1) is 22.7 Å². The van der Waals surface area contributed by atoms with E-state index in [-0.39, 0.29) is 0 Å². The van der Waals surface area contributed by atoms with Gasteiger partial charge in [0.2, 0.25) is 0 Å². The summed E-state index contributed by atoms with van der Waals surface area (Å²) in [4.78, 5) is 0. The summed E-state index contributed by atoms with van der Waals surface area (Å²) < 4.78 is 9.14.